The second kappa shape index (κ2) is 5.71. The number of halogens is 1. The van der Waals surface area contributed by atoms with Gasteiger partial charge in [0.2, 0.25) is 0 Å². The Morgan fingerprint density at radius 3 is 2.63 bits per heavy atom. The van der Waals surface area contributed by atoms with Crippen LogP contribution in [0.4, 0.5) is 9.59 Å². The van der Waals surface area contributed by atoms with Gasteiger partial charge in [-0.05, 0) is 17.2 Å². The van der Waals surface area contributed by atoms with Crippen molar-refractivity contribution < 1.29 is 19.1 Å². The van der Waals surface area contributed by atoms with Gasteiger partial charge in [-0.2, -0.15) is 0 Å². The number of amides is 3. The average molecular weight is 283 g/mol. The van der Waals surface area contributed by atoms with Crippen molar-refractivity contribution >= 4 is 29.0 Å². The van der Waals surface area contributed by atoms with Crippen molar-refractivity contribution in [1.82, 2.24) is 10.2 Å². The summed E-state index contributed by atoms with van der Waals surface area (Å²) in [5, 5.41) is 1.51. The number of ether oxygens (including phenoxy) is 1. The number of likely N-dealkylation sites (tertiary alicyclic amines) is 1. The Morgan fingerprint density at radius 2 is 2.05 bits per heavy atom. The highest BCUT2D eigenvalue weighted by molar-refractivity contribution is 6.64. The summed E-state index contributed by atoms with van der Waals surface area (Å²) in [7, 11) is 0. The van der Waals surface area contributed by atoms with E-state index in [1.807, 2.05) is 30.3 Å². The number of rotatable bonds is 3. The molecule has 6 nitrogen and oxygen atoms in total. The standard InChI is InChI=1S/C12H11ClN2O4/c13-11(17)15-6-9(10(15)16)14-12(18)19-7-8-4-2-1-3-5-8/h1-5,9H,6-7H2,(H,14,18). The van der Waals surface area contributed by atoms with Crippen LogP contribution in [0.5, 0.6) is 0 Å². The molecule has 1 aromatic rings. The van der Waals surface area contributed by atoms with Gasteiger partial charge in [0, 0.05) is 0 Å². The molecule has 1 aliphatic heterocycles. The summed E-state index contributed by atoms with van der Waals surface area (Å²) >= 11 is 5.14. The molecule has 1 unspecified atom stereocenters. The lowest BCUT2D eigenvalue weighted by Crippen LogP contribution is -2.64. The lowest BCUT2D eigenvalue weighted by molar-refractivity contribution is -0.138. The number of β-lactam (4-membered cyclic amide) rings is 1. The molecule has 1 heterocycles. The fraction of sp³-hybridized carbons (Fsp3) is 0.250. The van der Waals surface area contributed by atoms with E-state index >= 15 is 0 Å². The molecule has 3 amide bonds. The zero-order valence-corrected chi connectivity index (χ0v) is 10.6. The van der Waals surface area contributed by atoms with Crippen LogP contribution in [0.3, 0.4) is 0 Å². The number of imide groups is 1. The van der Waals surface area contributed by atoms with E-state index in [9.17, 15) is 14.4 Å². The summed E-state index contributed by atoms with van der Waals surface area (Å²) in [6.45, 7) is 0.188. The van der Waals surface area contributed by atoms with Crippen molar-refractivity contribution in [3.63, 3.8) is 0 Å². The number of alkyl carbamates (subject to hydrolysis) is 1. The van der Waals surface area contributed by atoms with Crippen LogP contribution in [0.15, 0.2) is 30.3 Å². The maximum absolute atomic E-state index is 11.4. The largest absolute Gasteiger partial charge is 0.445 e. The molecule has 19 heavy (non-hydrogen) atoms. The molecule has 0 spiro atoms. The Labute approximate surface area is 114 Å². The maximum atomic E-state index is 11.4. The van der Waals surface area contributed by atoms with Gasteiger partial charge in [-0.1, -0.05) is 30.3 Å². The SMILES string of the molecule is O=C(NC1CN(C(=O)Cl)C1=O)OCc1ccccc1. The smallest absolute Gasteiger partial charge is 0.408 e. The van der Waals surface area contributed by atoms with Gasteiger partial charge in [0.25, 0.3) is 5.91 Å². The van der Waals surface area contributed by atoms with Gasteiger partial charge in [-0.25, -0.2) is 4.79 Å². The van der Waals surface area contributed by atoms with Gasteiger partial charge < -0.3 is 10.1 Å². The zero-order valence-electron chi connectivity index (χ0n) is 9.84. The number of carbonyl (C=O) groups excluding carboxylic acids is 3. The highest BCUT2D eigenvalue weighted by Gasteiger charge is 2.41. The molecule has 100 valence electrons. The lowest BCUT2D eigenvalue weighted by atomic mass is 10.1. The summed E-state index contributed by atoms with van der Waals surface area (Å²) in [6.07, 6.45) is -0.705. The van der Waals surface area contributed by atoms with Crippen LogP contribution in [0.1, 0.15) is 5.56 Å². The zero-order chi connectivity index (χ0) is 13.8. The highest BCUT2D eigenvalue weighted by Crippen LogP contribution is 2.13. The quantitative estimate of drug-likeness (QED) is 0.518. The topological polar surface area (TPSA) is 75.7 Å². The third-order valence-corrected chi connectivity index (χ3v) is 2.85. The second-order valence-corrected chi connectivity index (χ2v) is 4.28. The van der Waals surface area contributed by atoms with Crippen molar-refractivity contribution in [2.45, 2.75) is 12.6 Å². The number of hydrogen-bond donors (Lipinski definition) is 1. The molecule has 0 aliphatic carbocycles. The molecule has 0 saturated carbocycles. The molecule has 1 atom stereocenters. The van der Waals surface area contributed by atoms with E-state index in [0.717, 1.165) is 10.5 Å². The summed E-state index contributed by atoms with van der Waals surface area (Å²) in [4.78, 5) is 34.3. The van der Waals surface area contributed by atoms with Crippen molar-refractivity contribution in [3.8, 4) is 0 Å². The molecule has 1 aromatic carbocycles. The predicted octanol–water partition coefficient (Wildman–Crippen LogP) is 1.48. The monoisotopic (exact) mass is 282 g/mol. The summed E-state index contributed by atoms with van der Waals surface area (Å²) < 4.78 is 4.94. The number of nitrogens with one attached hydrogen (secondary N) is 1. The normalized spacial score (nSPS) is 17.6. The Bertz CT molecular complexity index is 506. The minimum Gasteiger partial charge on any atom is -0.445 e. The van der Waals surface area contributed by atoms with Crippen molar-refractivity contribution in [2.24, 2.45) is 0 Å². The predicted molar refractivity (Wildman–Crippen MR) is 66.5 cm³/mol. The lowest BCUT2D eigenvalue weighted by Gasteiger charge is -2.34. The third kappa shape index (κ3) is 3.23. The summed E-state index contributed by atoms with van der Waals surface area (Å²) in [5.74, 6) is -0.531. The van der Waals surface area contributed by atoms with Crippen molar-refractivity contribution in [2.75, 3.05) is 6.54 Å². The molecule has 2 rings (SSSR count). The first kappa shape index (κ1) is 13.4. The Hall–Kier alpha value is -2.08. The third-order valence-electron chi connectivity index (χ3n) is 2.65. The molecular weight excluding hydrogens is 272 g/mol. The van der Waals surface area contributed by atoms with Gasteiger partial charge >= 0.3 is 11.5 Å². The average Bonchev–Trinajstić information content (AvgIpc) is 2.41. The molecule has 0 radical (unpaired) electrons. The van der Waals surface area contributed by atoms with E-state index in [2.05, 4.69) is 5.32 Å². The molecule has 1 aliphatic rings. The van der Waals surface area contributed by atoms with Crippen LogP contribution in [-0.2, 0) is 16.1 Å². The Kier molecular flexibility index (Phi) is 4.01. The molecular formula is C12H11ClN2O4. The first-order valence-corrected chi connectivity index (χ1v) is 5.94. The van der Waals surface area contributed by atoms with E-state index in [-0.39, 0.29) is 13.2 Å². The minimum absolute atomic E-state index is 0.0710. The molecule has 1 saturated heterocycles. The van der Waals surface area contributed by atoms with E-state index in [1.165, 1.54) is 0 Å². The van der Waals surface area contributed by atoms with E-state index in [1.54, 1.807) is 0 Å². The van der Waals surface area contributed by atoms with Gasteiger partial charge in [0.05, 0.1) is 6.54 Å². The van der Waals surface area contributed by atoms with Crippen LogP contribution in [0.25, 0.3) is 0 Å². The number of benzene rings is 1. The van der Waals surface area contributed by atoms with Gasteiger partial charge in [-0.15, -0.1) is 0 Å². The number of hydrogen-bond acceptors (Lipinski definition) is 4. The van der Waals surface area contributed by atoms with Crippen LogP contribution >= 0.6 is 11.6 Å². The molecule has 0 bridgehead atoms. The fourth-order valence-electron chi connectivity index (χ4n) is 1.60. The van der Waals surface area contributed by atoms with Gasteiger partial charge in [0.15, 0.2) is 0 Å². The Balaban J connectivity index is 1.74. The van der Waals surface area contributed by atoms with Crippen LogP contribution in [0, 0.1) is 0 Å². The maximum Gasteiger partial charge on any atom is 0.408 e. The van der Waals surface area contributed by atoms with Crippen molar-refractivity contribution in [3.05, 3.63) is 35.9 Å². The molecule has 1 fully saturated rings. The summed E-state index contributed by atoms with van der Waals surface area (Å²) in [6, 6.07) is 8.40. The van der Waals surface area contributed by atoms with Crippen molar-refractivity contribution in [1.29, 1.82) is 0 Å². The second-order valence-electron chi connectivity index (χ2n) is 3.96. The molecule has 1 N–H and O–H groups in total. The van der Waals surface area contributed by atoms with Gasteiger partial charge in [-0.3, -0.25) is 14.5 Å². The highest BCUT2D eigenvalue weighted by atomic mass is 35.5. The van der Waals surface area contributed by atoms with Gasteiger partial charge in [0.1, 0.15) is 12.6 Å². The van der Waals surface area contributed by atoms with Crippen LogP contribution in [0.2, 0.25) is 0 Å². The molecule has 0 aromatic heterocycles. The first-order valence-electron chi connectivity index (χ1n) is 5.56. The number of nitrogens with zero attached hydrogens (tertiary/aromatic N) is 1. The fourth-order valence-corrected chi connectivity index (χ4v) is 1.75. The summed E-state index contributed by atoms with van der Waals surface area (Å²) in [5.41, 5.74) is 0.843. The molecule has 7 heteroatoms. The number of carbonyl (C=O) groups is 3. The van der Waals surface area contributed by atoms with Crippen LogP contribution in [-0.4, -0.2) is 34.9 Å². The van der Waals surface area contributed by atoms with Crippen LogP contribution < -0.4 is 5.32 Å². The van der Waals surface area contributed by atoms with E-state index in [4.69, 9.17) is 16.3 Å². The van der Waals surface area contributed by atoms with E-state index in [0.29, 0.717) is 0 Å². The minimum atomic E-state index is -0.847. The first-order chi connectivity index (χ1) is 9.08. The Morgan fingerprint density at radius 1 is 1.37 bits per heavy atom. The van der Waals surface area contributed by atoms with E-state index < -0.39 is 23.4 Å².